The minimum Gasteiger partial charge on any atom is -0.348 e. The van der Waals surface area contributed by atoms with Crippen LogP contribution in [0.25, 0.3) is 0 Å². The van der Waals surface area contributed by atoms with E-state index in [0.717, 1.165) is 0 Å². The van der Waals surface area contributed by atoms with Gasteiger partial charge in [-0.1, -0.05) is 24.3 Å². The number of nitrogens with zero attached hydrogens (tertiary/aromatic N) is 2. The Hall–Kier alpha value is -2.50. The minimum absolute atomic E-state index is 0.109. The summed E-state index contributed by atoms with van der Waals surface area (Å²) in [5.74, 6) is -0.355. The summed E-state index contributed by atoms with van der Waals surface area (Å²) in [6, 6.07) is 6.82. The molecule has 0 bridgehead atoms. The highest BCUT2D eigenvalue weighted by Crippen LogP contribution is 2.17. The molecule has 0 aromatic heterocycles. The van der Waals surface area contributed by atoms with Crippen molar-refractivity contribution >= 4 is 31.8 Å². The van der Waals surface area contributed by atoms with Crippen molar-refractivity contribution < 1.29 is 21.6 Å². The molecule has 1 aromatic rings. The van der Waals surface area contributed by atoms with Crippen LogP contribution in [-0.2, 0) is 37.1 Å². The maximum absolute atomic E-state index is 12.6. The van der Waals surface area contributed by atoms with Crippen molar-refractivity contribution in [2.45, 2.75) is 32.2 Å². The predicted octanol–water partition coefficient (Wildman–Crippen LogP) is 0.628. The zero-order valence-corrected chi connectivity index (χ0v) is 18.3. The summed E-state index contributed by atoms with van der Waals surface area (Å²) >= 11 is 0. The summed E-state index contributed by atoms with van der Waals surface area (Å²) in [5, 5.41) is 2.79. The van der Waals surface area contributed by atoms with E-state index < -0.39 is 20.0 Å². The zero-order chi connectivity index (χ0) is 21.9. The van der Waals surface area contributed by atoms with Crippen LogP contribution in [-0.4, -0.2) is 51.8 Å². The van der Waals surface area contributed by atoms with Gasteiger partial charge in [0.05, 0.1) is 17.1 Å². The maximum Gasteiger partial charge on any atom is 0.256 e. The molecule has 0 fully saturated rings. The summed E-state index contributed by atoms with van der Waals surface area (Å²) in [6.07, 6.45) is 4.56. The van der Waals surface area contributed by atoms with E-state index in [9.17, 15) is 21.6 Å². The van der Waals surface area contributed by atoms with Gasteiger partial charge in [0.15, 0.2) is 0 Å². The van der Waals surface area contributed by atoms with Gasteiger partial charge in [0.2, 0.25) is 10.0 Å². The van der Waals surface area contributed by atoms with E-state index in [1.165, 1.54) is 12.2 Å². The van der Waals surface area contributed by atoms with Gasteiger partial charge in [-0.15, -0.1) is 4.40 Å². The molecule has 0 atom stereocenters. The van der Waals surface area contributed by atoms with Crippen LogP contribution in [0.5, 0.6) is 0 Å². The van der Waals surface area contributed by atoms with Crippen LogP contribution in [0.15, 0.2) is 52.6 Å². The number of benzene rings is 1. The van der Waals surface area contributed by atoms with Crippen LogP contribution in [0.3, 0.4) is 0 Å². The molecule has 1 aromatic carbocycles. The molecule has 0 saturated carbocycles. The minimum atomic E-state index is -3.49. The Balaban J connectivity index is 1.68. The fraction of sp³-hybridized carbons (Fsp3) is 0.368. The standard InChI is InChI=1S/C19H24N4O5S2/c1-14(2)21-30(27,28)13-17-6-4-3-5-15(17)11-20-19(24)16-7-8-18-22-29(25,26)10-9-23(18)12-16/h3-8,12,14,21H,9-11,13H2,1-2H3,(H,20,24). The first-order valence-corrected chi connectivity index (χ1v) is 12.6. The average Bonchev–Trinajstić information content (AvgIpc) is 2.64. The number of hydrogen-bond donors (Lipinski definition) is 2. The summed E-state index contributed by atoms with van der Waals surface area (Å²) in [7, 11) is -6.95. The lowest BCUT2D eigenvalue weighted by atomic mass is 10.1. The number of nitrogens with one attached hydrogen (secondary N) is 2. The predicted molar refractivity (Wildman–Crippen MR) is 114 cm³/mol. The molecule has 0 unspecified atom stereocenters. The molecule has 0 saturated heterocycles. The highest BCUT2D eigenvalue weighted by atomic mass is 32.2. The van der Waals surface area contributed by atoms with Gasteiger partial charge in [0, 0.05) is 25.3 Å². The van der Waals surface area contributed by atoms with Gasteiger partial charge in [-0.05, 0) is 37.1 Å². The molecule has 2 N–H and O–H groups in total. The van der Waals surface area contributed by atoms with Crippen LogP contribution >= 0.6 is 0 Å². The van der Waals surface area contributed by atoms with Crippen LogP contribution in [0.2, 0.25) is 0 Å². The van der Waals surface area contributed by atoms with Crippen molar-refractivity contribution in [3.05, 3.63) is 59.3 Å². The SMILES string of the molecule is CC(C)NS(=O)(=O)Cc1ccccc1CNC(=O)C1=CN2CCS(=O)(=O)N=C2C=C1. The van der Waals surface area contributed by atoms with Crippen molar-refractivity contribution in [3.8, 4) is 0 Å². The van der Waals surface area contributed by atoms with E-state index in [0.29, 0.717) is 16.7 Å². The summed E-state index contributed by atoms with van der Waals surface area (Å²) < 4.78 is 53.9. The number of fused-ring (bicyclic) bond motifs is 1. The topological polar surface area (TPSA) is 125 Å². The number of sulfonamides is 2. The van der Waals surface area contributed by atoms with Crippen LogP contribution in [0, 0.1) is 0 Å². The molecule has 11 heteroatoms. The number of amidine groups is 1. The summed E-state index contributed by atoms with van der Waals surface area (Å²) in [4.78, 5) is 14.2. The van der Waals surface area contributed by atoms with Crippen LogP contribution in [0.4, 0.5) is 0 Å². The fourth-order valence-electron chi connectivity index (χ4n) is 3.09. The molecule has 0 aliphatic carbocycles. The Kier molecular flexibility index (Phi) is 6.44. The highest BCUT2D eigenvalue weighted by molar-refractivity contribution is 7.90. The molecule has 30 heavy (non-hydrogen) atoms. The van der Waals surface area contributed by atoms with Gasteiger partial charge in [-0.25, -0.2) is 21.6 Å². The van der Waals surface area contributed by atoms with E-state index in [1.807, 2.05) is 0 Å². The van der Waals surface area contributed by atoms with Crippen molar-refractivity contribution in [2.75, 3.05) is 12.3 Å². The molecule has 1 amide bonds. The lowest BCUT2D eigenvalue weighted by Gasteiger charge is -2.27. The molecule has 9 nitrogen and oxygen atoms in total. The second-order valence-corrected chi connectivity index (χ2v) is 10.8. The van der Waals surface area contributed by atoms with Crippen LogP contribution < -0.4 is 10.0 Å². The quantitative estimate of drug-likeness (QED) is 0.625. The number of carbonyl (C=O) groups is 1. The number of hydrogen-bond acceptors (Lipinski definition) is 6. The lowest BCUT2D eigenvalue weighted by molar-refractivity contribution is -0.117. The third-order valence-corrected chi connectivity index (χ3v) is 7.09. The molecule has 162 valence electrons. The number of amides is 1. The summed E-state index contributed by atoms with van der Waals surface area (Å²) in [5.41, 5.74) is 1.67. The van der Waals surface area contributed by atoms with Gasteiger partial charge in [-0.3, -0.25) is 4.79 Å². The molecule has 2 aliphatic rings. The lowest BCUT2D eigenvalue weighted by Crippen LogP contribution is -2.38. The second-order valence-electron chi connectivity index (χ2n) is 7.33. The first-order chi connectivity index (χ1) is 14.0. The molecule has 0 spiro atoms. The number of carbonyl (C=O) groups excluding carboxylic acids is 1. The van der Waals surface area contributed by atoms with Crippen LogP contribution in [0.1, 0.15) is 25.0 Å². The smallest absolute Gasteiger partial charge is 0.256 e. The molecular weight excluding hydrogens is 428 g/mol. The van der Waals surface area contributed by atoms with E-state index in [-0.39, 0.29) is 42.4 Å². The van der Waals surface area contributed by atoms with Gasteiger partial charge in [0.1, 0.15) is 5.84 Å². The maximum atomic E-state index is 12.6. The van der Waals surface area contributed by atoms with Crippen molar-refractivity contribution in [2.24, 2.45) is 4.40 Å². The molecule has 2 heterocycles. The van der Waals surface area contributed by atoms with Gasteiger partial charge in [-0.2, -0.15) is 0 Å². The Morgan fingerprint density at radius 3 is 2.60 bits per heavy atom. The third kappa shape index (κ3) is 5.77. The van der Waals surface area contributed by atoms with Gasteiger partial charge in [0.25, 0.3) is 15.9 Å². The first kappa shape index (κ1) is 22.2. The van der Waals surface area contributed by atoms with E-state index >= 15 is 0 Å². The zero-order valence-electron chi connectivity index (χ0n) is 16.7. The molecule has 3 rings (SSSR count). The summed E-state index contributed by atoms with van der Waals surface area (Å²) in [6.45, 7) is 3.89. The van der Waals surface area contributed by atoms with Crippen molar-refractivity contribution in [1.82, 2.24) is 14.9 Å². The second kappa shape index (κ2) is 8.70. The van der Waals surface area contributed by atoms with E-state index in [1.54, 1.807) is 49.2 Å². The Morgan fingerprint density at radius 1 is 1.20 bits per heavy atom. The van der Waals surface area contributed by atoms with Gasteiger partial charge >= 0.3 is 0 Å². The fourth-order valence-corrected chi connectivity index (χ4v) is 5.55. The largest absolute Gasteiger partial charge is 0.348 e. The van der Waals surface area contributed by atoms with Gasteiger partial charge < -0.3 is 10.2 Å². The van der Waals surface area contributed by atoms with Crippen molar-refractivity contribution in [1.29, 1.82) is 0 Å². The monoisotopic (exact) mass is 452 g/mol. The molecule has 2 aliphatic heterocycles. The normalized spacial score (nSPS) is 17.9. The Labute approximate surface area is 176 Å². The van der Waals surface area contributed by atoms with E-state index in [2.05, 4.69) is 14.4 Å². The van der Waals surface area contributed by atoms with E-state index in [4.69, 9.17) is 0 Å². The Bertz CT molecular complexity index is 1140. The first-order valence-electron chi connectivity index (χ1n) is 9.39. The molecular formula is C19H24N4O5S2. The molecule has 0 radical (unpaired) electrons. The highest BCUT2D eigenvalue weighted by Gasteiger charge is 2.25. The number of rotatable bonds is 7. The average molecular weight is 453 g/mol. The Morgan fingerprint density at radius 2 is 1.90 bits per heavy atom. The van der Waals surface area contributed by atoms with Crippen molar-refractivity contribution in [3.63, 3.8) is 0 Å². The third-order valence-electron chi connectivity index (χ3n) is 4.40.